The first-order chi connectivity index (χ1) is 5.74. The molecule has 1 aromatic rings. The molecule has 0 aromatic carbocycles. The fourth-order valence-electron chi connectivity index (χ4n) is 1.45. The first kappa shape index (κ1) is 8.32. The second-order valence-electron chi connectivity index (χ2n) is 3.59. The highest BCUT2D eigenvalue weighted by Crippen LogP contribution is 2.47. The molecule has 0 unspecified atom stereocenters. The van der Waals surface area contributed by atoms with Crippen molar-refractivity contribution in [3.05, 3.63) is 22.6 Å². The van der Waals surface area contributed by atoms with Crippen molar-refractivity contribution in [1.82, 2.24) is 0 Å². The Morgan fingerprint density at radius 2 is 2.25 bits per heavy atom. The van der Waals surface area contributed by atoms with Crippen molar-refractivity contribution >= 4 is 15.9 Å². The van der Waals surface area contributed by atoms with Gasteiger partial charge < -0.3 is 10.2 Å². The molecule has 0 spiro atoms. The van der Waals surface area contributed by atoms with Gasteiger partial charge in [0.2, 0.25) is 0 Å². The van der Waals surface area contributed by atoms with Crippen molar-refractivity contribution in [3.63, 3.8) is 0 Å². The van der Waals surface area contributed by atoms with Crippen LogP contribution in [0.3, 0.4) is 0 Å². The van der Waals surface area contributed by atoms with Crippen LogP contribution in [0.5, 0.6) is 0 Å². The standard InChI is InChI=1S/C9H12BrNO/c10-8-2-1-7(12-8)5-9(6-11)3-4-9/h1-2H,3-6,11H2. The van der Waals surface area contributed by atoms with Gasteiger partial charge in [0.15, 0.2) is 4.67 Å². The van der Waals surface area contributed by atoms with Gasteiger partial charge in [0.25, 0.3) is 0 Å². The van der Waals surface area contributed by atoms with Crippen LogP contribution in [0.4, 0.5) is 0 Å². The van der Waals surface area contributed by atoms with Gasteiger partial charge in [-0.3, -0.25) is 0 Å². The van der Waals surface area contributed by atoms with Gasteiger partial charge in [-0.1, -0.05) is 0 Å². The van der Waals surface area contributed by atoms with Crippen LogP contribution in [0.25, 0.3) is 0 Å². The third-order valence-electron chi connectivity index (χ3n) is 2.57. The van der Waals surface area contributed by atoms with E-state index in [4.69, 9.17) is 10.2 Å². The minimum atomic E-state index is 0.372. The largest absolute Gasteiger partial charge is 0.454 e. The summed E-state index contributed by atoms with van der Waals surface area (Å²) in [6.07, 6.45) is 3.50. The minimum absolute atomic E-state index is 0.372. The molecule has 0 saturated heterocycles. The van der Waals surface area contributed by atoms with E-state index < -0.39 is 0 Å². The number of furan rings is 1. The highest BCUT2D eigenvalue weighted by molar-refractivity contribution is 9.10. The van der Waals surface area contributed by atoms with Crippen molar-refractivity contribution in [1.29, 1.82) is 0 Å². The molecule has 66 valence electrons. The second kappa shape index (κ2) is 2.89. The SMILES string of the molecule is NCC1(Cc2ccc(Br)o2)CC1. The molecule has 1 aromatic heterocycles. The van der Waals surface area contributed by atoms with Crippen molar-refractivity contribution in [3.8, 4) is 0 Å². The van der Waals surface area contributed by atoms with Gasteiger partial charge in [-0.25, -0.2) is 0 Å². The Morgan fingerprint density at radius 3 is 2.67 bits per heavy atom. The van der Waals surface area contributed by atoms with Crippen LogP contribution in [0.2, 0.25) is 0 Å². The van der Waals surface area contributed by atoms with Crippen LogP contribution >= 0.6 is 15.9 Å². The number of nitrogens with two attached hydrogens (primary N) is 1. The van der Waals surface area contributed by atoms with Gasteiger partial charge in [-0.05, 0) is 52.9 Å². The van der Waals surface area contributed by atoms with E-state index in [0.717, 1.165) is 23.4 Å². The summed E-state index contributed by atoms with van der Waals surface area (Å²) in [4.78, 5) is 0. The fraction of sp³-hybridized carbons (Fsp3) is 0.556. The Bertz CT molecular complexity index is 278. The molecule has 1 heterocycles. The Morgan fingerprint density at radius 1 is 1.50 bits per heavy atom. The van der Waals surface area contributed by atoms with E-state index >= 15 is 0 Å². The van der Waals surface area contributed by atoms with Crippen molar-refractivity contribution < 1.29 is 4.42 Å². The summed E-state index contributed by atoms with van der Waals surface area (Å²) in [7, 11) is 0. The highest BCUT2D eigenvalue weighted by atomic mass is 79.9. The molecule has 1 aliphatic carbocycles. The highest BCUT2D eigenvalue weighted by Gasteiger charge is 2.41. The molecular weight excluding hydrogens is 218 g/mol. The number of rotatable bonds is 3. The fourth-order valence-corrected chi connectivity index (χ4v) is 1.79. The van der Waals surface area contributed by atoms with E-state index in [2.05, 4.69) is 15.9 Å². The summed E-state index contributed by atoms with van der Waals surface area (Å²) in [6.45, 7) is 0.783. The van der Waals surface area contributed by atoms with Crippen LogP contribution < -0.4 is 5.73 Å². The molecule has 3 heteroatoms. The van der Waals surface area contributed by atoms with Crippen molar-refractivity contribution in [2.45, 2.75) is 19.3 Å². The average Bonchev–Trinajstić information content (AvgIpc) is 2.71. The summed E-state index contributed by atoms with van der Waals surface area (Å²) in [5.74, 6) is 1.05. The van der Waals surface area contributed by atoms with Gasteiger partial charge >= 0.3 is 0 Å². The van der Waals surface area contributed by atoms with E-state index in [-0.39, 0.29) is 0 Å². The zero-order valence-corrected chi connectivity index (χ0v) is 8.43. The lowest BCUT2D eigenvalue weighted by molar-refractivity contribution is 0.420. The normalized spacial score (nSPS) is 19.5. The zero-order valence-electron chi connectivity index (χ0n) is 6.85. The van der Waals surface area contributed by atoms with Crippen LogP contribution in [-0.4, -0.2) is 6.54 Å². The molecule has 0 aliphatic heterocycles. The lowest BCUT2D eigenvalue weighted by Gasteiger charge is -2.08. The molecule has 2 nitrogen and oxygen atoms in total. The molecule has 0 amide bonds. The van der Waals surface area contributed by atoms with E-state index in [9.17, 15) is 0 Å². The molecule has 1 fully saturated rings. The Labute approximate surface area is 80.3 Å². The quantitative estimate of drug-likeness (QED) is 0.865. The van der Waals surface area contributed by atoms with E-state index in [0.29, 0.717) is 5.41 Å². The number of hydrogen-bond acceptors (Lipinski definition) is 2. The summed E-state index contributed by atoms with van der Waals surface area (Å²) in [6, 6.07) is 3.95. The first-order valence-electron chi connectivity index (χ1n) is 4.18. The third kappa shape index (κ3) is 1.57. The molecule has 2 N–H and O–H groups in total. The molecule has 2 rings (SSSR count). The topological polar surface area (TPSA) is 39.2 Å². The van der Waals surface area contributed by atoms with Crippen LogP contribution in [-0.2, 0) is 6.42 Å². The summed E-state index contributed by atoms with van der Waals surface area (Å²) < 4.78 is 6.23. The lowest BCUT2D eigenvalue weighted by atomic mass is 10.0. The van der Waals surface area contributed by atoms with E-state index in [1.54, 1.807) is 0 Å². The number of hydrogen-bond donors (Lipinski definition) is 1. The summed E-state index contributed by atoms with van der Waals surface area (Å²) in [5, 5.41) is 0. The summed E-state index contributed by atoms with van der Waals surface area (Å²) in [5.41, 5.74) is 6.04. The smallest absolute Gasteiger partial charge is 0.169 e. The Kier molecular flexibility index (Phi) is 2.00. The minimum Gasteiger partial charge on any atom is -0.454 e. The monoisotopic (exact) mass is 229 g/mol. The Hall–Kier alpha value is -0.280. The molecular formula is C9H12BrNO. The van der Waals surface area contributed by atoms with Crippen LogP contribution in [0.1, 0.15) is 18.6 Å². The molecule has 1 aliphatic rings. The zero-order chi connectivity index (χ0) is 8.60. The Balaban J connectivity index is 2.04. The van der Waals surface area contributed by atoms with Gasteiger partial charge in [0.05, 0.1) is 0 Å². The first-order valence-corrected chi connectivity index (χ1v) is 4.98. The second-order valence-corrected chi connectivity index (χ2v) is 4.37. The van der Waals surface area contributed by atoms with Crippen LogP contribution in [0.15, 0.2) is 21.2 Å². The summed E-state index contributed by atoms with van der Waals surface area (Å²) >= 11 is 3.28. The number of halogens is 1. The van der Waals surface area contributed by atoms with Gasteiger partial charge in [0.1, 0.15) is 5.76 Å². The molecule has 0 atom stereocenters. The third-order valence-corrected chi connectivity index (χ3v) is 2.99. The maximum Gasteiger partial charge on any atom is 0.169 e. The maximum atomic E-state index is 5.67. The molecule has 1 saturated carbocycles. The molecule has 0 radical (unpaired) electrons. The predicted octanol–water partition coefficient (Wildman–Crippen LogP) is 2.32. The van der Waals surface area contributed by atoms with E-state index in [1.165, 1.54) is 12.8 Å². The van der Waals surface area contributed by atoms with Crippen molar-refractivity contribution in [2.24, 2.45) is 11.1 Å². The van der Waals surface area contributed by atoms with Gasteiger partial charge in [0, 0.05) is 6.42 Å². The van der Waals surface area contributed by atoms with Crippen LogP contribution in [0, 0.1) is 5.41 Å². The predicted molar refractivity (Wildman–Crippen MR) is 50.8 cm³/mol. The van der Waals surface area contributed by atoms with Crippen molar-refractivity contribution in [2.75, 3.05) is 6.54 Å². The maximum absolute atomic E-state index is 5.67. The average molecular weight is 230 g/mol. The molecule has 12 heavy (non-hydrogen) atoms. The van der Waals surface area contributed by atoms with Gasteiger partial charge in [-0.2, -0.15) is 0 Å². The molecule has 0 bridgehead atoms. The van der Waals surface area contributed by atoms with E-state index in [1.807, 2.05) is 12.1 Å². The van der Waals surface area contributed by atoms with Gasteiger partial charge in [-0.15, -0.1) is 0 Å². The lowest BCUT2D eigenvalue weighted by Crippen LogP contribution is -2.17.